The van der Waals surface area contributed by atoms with Gasteiger partial charge in [0.2, 0.25) is 0 Å². The number of aryl methyl sites for hydroxylation is 3. The van der Waals surface area contributed by atoms with Gasteiger partial charge in [-0.1, -0.05) is 0 Å². The van der Waals surface area contributed by atoms with Crippen molar-refractivity contribution in [3.63, 3.8) is 0 Å². The minimum atomic E-state index is -0.618. The summed E-state index contributed by atoms with van der Waals surface area (Å²) in [7, 11) is 1.67. The number of aromatic nitrogens is 1. The van der Waals surface area contributed by atoms with Crippen LogP contribution in [0, 0.1) is 13.8 Å². The average Bonchev–Trinajstić information content (AvgIpc) is 3.08. The molecule has 1 aromatic heterocycles. The van der Waals surface area contributed by atoms with Gasteiger partial charge in [-0.2, -0.15) is 0 Å². The third kappa shape index (κ3) is 3.60. The summed E-state index contributed by atoms with van der Waals surface area (Å²) < 4.78 is 19.5. The fraction of sp³-hybridized carbons (Fsp3) is 0.450. The van der Waals surface area contributed by atoms with Gasteiger partial charge < -0.3 is 14.2 Å². The number of nitrogens with zero attached hydrogens (tertiary/aromatic N) is 1. The quantitative estimate of drug-likeness (QED) is 0.763. The van der Waals surface area contributed by atoms with Crippen LogP contribution in [0.3, 0.4) is 0 Å². The molecular weight excluding hydrogens is 302 g/mol. The molecule has 0 N–H and O–H groups in total. The van der Waals surface area contributed by atoms with Gasteiger partial charge in [-0.3, -0.25) is 0 Å². The second-order valence-corrected chi connectivity index (χ2v) is 6.33. The lowest BCUT2D eigenvalue weighted by Gasteiger charge is -2.27. The molecule has 2 heterocycles. The van der Waals surface area contributed by atoms with E-state index in [9.17, 15) is 0 Å². The number of hydrogen-bond donors (Lipinski definition) is 0. The van der Waals surface area contributed by atoms with Gasteiger partial charge in [0.15, 0.2) is 18.2 Å². The van der Waals surface area contributed by atoms with Crippen molar-refractivity contribution in [1.29, 1.82) is 0 Å². The first kappa shape index (κ1) is 16.9. The average molecular weight is 328 g/mol. The molecule has 0 atom stereocenters. The Morgan fingerprint density at radius 1 is 1.04 bits per heavy atom. The maximum absolute atomic E-state index is 6.01. The van der Waals surface area contributed by atoms with E-state index in [2.05, 4.69) is 36.9 Å². The summed E-state index contributed by atoms with van der Waals surface area (Å²) in [5, 5.41) is 0. The Morgan fingerprint density at radius 2 is 1.75 bits per heavy atom. The van der Waals surface area contributed by atoms with E-state index in [-0.39, 0.29) is 0 Å². The van der Waals surface area contributed by atoms with Crippen molar-refractivity contribution >= 4 is 0 Å². The van der Waals surface area contributed by atoms with Crippen molar-refractivity contribution in [2.24, 2.45) is 0 Å². The van der Waals surface area contributed by atoms with E-state index in [4.69, 9.17) is 14.2 Å². The van der Waals surface area contributed by atoms with Crippen LogP contribution >= 0.6 is 0 Å². The number of rotatable bonds is 6. The van der Waals surface area contributed by atoms with Gasteiger partial charge >= 0.3 is 0 Å². The van der Waals surface area contributed by atoms with E-state index >= 15 is 0 Å². The zero-order valence-electron chi connectivity index (χ0n) is 14.7. The van der Waals surface area contributed by atoms with Crippen molar-refractivity contribution in [3.05, 3.63) is 59.4 Å². The van der Waals surface area contributed by atoms with Crippen molar-refractivity contribution in [1.82, 2.24) is 0 Å². The van der Waals surface area contributed by atoms with Crippen LogP contribution < -0.4 is 9.30 Å². The van der Waals surface area contributed by atoms with Gasteiger partial charge in [0.25, 0.3) is 0 Å². The lowest BCUT2D eigenvalue weighted by molar-refractivity contribution is -0.698. The highest BCUT2D eigenvalue weighted by Crippen LogP contribution is 2.36. The Hall–Kier alpha value is -1.91. The Balaban J connectivity index is 1.68. The van der Waals surface area contributed by atoms with Crippen LogP contribution in [0.5, 0.6) is 5.75 Å². The monoisotopic (exact) mass is 328 g/mol. The summed E-state index contributed by atoms with van der Waals surface area (Å²) in [5.74, 6) is 0.227. The third-order valence-electron chi connectivity index (χ3n) is 4.70. The second-order valence-electron chi connectivity index (χ2n) is 6.33. The maximum atomic E-state index is 6.01. The molecule has 1 aromatic carbocycles. The van der Waals surface area contributed by atoms with E-state index in [1.54, 1.807) is 7.11 Å². The van der Waals surface area contributed by atoms with Crippen molar-refractivity contribution in [2.75, 3.05) is 20.3 Å². The molecule has 1 fully saturated rings. The first-order valence-electron chi connectivity index (χ1n) is 8.52. The van der Waals surface area contributed by atoms with Crippen LogP contribution in [-0.2, 0) is 21.8 Å². The van der Waals surface area contributed by atoms with E-state index in [1.807, 2.05) is 24.3 Å². The van der Waals surface area contributed by atoms with Gasteiger partial charge in [-0.25, -0.2) is 4.57 Å². The summed E-state index contributed by atoms with van der Waals surface area (Å²) >= 11 is 0. The Kier molecular flexibility index (Phi) is 5.17. The van der Waals surface area contributed by atoms with E-state index < -0.39 is 5.79 Å². The molecule has 24 heavy (non-hydrogen) atoms. The van der Waals surface area contributed by atoms with Crippen LogP contribution in [-0.4, -0.2) is 20.3 Å². The molecule has 0 bridgehead atoms. The number of methoxy groups -OCH3 is 1. The fourth-order valence-electron chi connectivity index (χ4n) is 3.12. The molecule has 0 amide bonds. The predicted octanol–water partition coefficient (Wildman–Crippen LogP) is 3.28. The molecular formula is C20H26NO3+. The SMILES string of the molecule is COc1ccc(C2(CCC[n+]3ccc(C)c(C)c3)OCCO2)cc1. The molecule has 0 spiro atoms. The molecule has 0 radical (unpaired) electrons. The number of benzene rings is 1. The number of pyridine rings is 1. The van der Waals surface area contributed by atoms with Gasteiger partial charge in [0.1, 0.15) is 12.3 Å². The number of hydrogen-bond acceptors (Lipinski definition) is 3. The molecule has 0 unspecified atom stereocenters. The number of ether oxygens (including phenoxy) is 3. The summed E-state index contributed by atoms with van der Waals surface area (Å²) in [6.45, 7) is 6.52. The summed E-state index contributed by atoms with van der Waals surface area (Å²) in [5.41, 5.74) is 3.70. The second kappa shape index (κ2) is 7.32. The van der Waals surface area contributed by atoms with E-state index in [0.717, 1.165) is 30.7 Å². The smallest absolute Gasteiger partial charge is 0.195 e. The lowest BCUT2D eigenvalue weighted by atomic mass is 10.00. The molecule has 0 aliphatic carbocycles. The first-order valence-corrected chi connectivity index (χ1v) is 8.52. The summed E-state index contributed by atoms with van der Waals surface area (Å²) in [6.07, 6.45) is 6.16. The third-order valence-corrected chi connectivity index (χ3v) is 4.70. The predicted molar refractivity (Wildman–Crippen MR) is 91.9 cm³/mol. The Morgan fingerprint density at radius 3 is 2.38 bits per heavy atom. The molecule has 0 saturated carbocycles. The Bertz CT molecular complexity index is 676. The molecule has 1 aliphatic rings. The van der Waals surface area contributed by atoms with Gasteiger partial charge in [0, 0.05) is 30.0 Å². The lowest BCUT2D eigenvalue weighted by Crippen LogP contribution is -2.35. The van der Waals surface area contributed by atoms with Gasteiger partial charge in [-0.05, 0) is 43.7 Å². The van der Waals surface area contributed by atoms with Crippen LogP contribution in [0.1, 0.15) is 29.5 Å². The van der Waals surface area contributed by atoms with Crippen molar-refractivity contribution < 1.29 is 18.8 Å². The minimum Gasteiger partial charge on any atom is -0.497 e. The van der Waals surface area contributed by atoms with Crippen LogP contribution in [0.2, 0.25) is 0 Å². The van der Waals surface area contributed by atoms with Gasteiger partial charge in [-0.15, -0.1) is 0 Å². The topological polar surface area (TPSA) is 31.6 Å². The summed E-state index contributed by atoms with van der Waals surface area (Å²) in [6, 6.07) is 10.2. The van der Waals surface area contributed by atoms with Crippen LogP contribution in [0.25, 0.3) is 0 Å². The highest BCUT2D eigenvalue weighted by Gasteiger charge is 2.38. The molecule has 3 rings (SSSR count). The minimum absolute atomic E-state index is 0.618. The van der Waals surface area contributed by atoms with Gasteiger partial charge in [0.05, 0.1) is 20.3 Å². The maximum Gasteiger partial charge on any atom is 0.195 e. The molecule has 2 aromatic rings. The largest absolute Gasteiger partial charge is 0.497 e. The molecule has 4 nitrogen and oxygen atoms in total. The standard InChI is InChI=1S/C20H26NO3/c1-16-9-12-21(15-17(16)2)11-4-10-20(23-13-14-24-20)18-5-7-19(22-3)8-6-18/h5-9,12,15H,4,10-11,13-14H2,1-3H3/q+1. The molecule has 1 aliphatic heterocycles. The molecule has 128 valence electrons. The van der Waals surface area contributed by atoms with Crippen LogP contribution in [0.4, 0.5) is 0 Å². The van der Waals surface area contributed by atoms with E-state index in [1.165, 1.54) is 11.1 Å². The molecule has 4 heteroatoms. The fourth-order valence-corrected chi connectivity index (χ4v) is 3.12. The Labute approximate surface area is 144 Å². The van der Waals surface area contributed by atoms with Crippen molar-refractivity contribution in [2.45, 2.75) is 39.0 Å². The summed E-state index contributed by atoms with van der Waals surface area (Å²) in [4.78, 5) is 0. The first-order chi connectivity index (χ1) is 11.6. The molecule has 1 saturated heterocycles. The highest BCUT2D eigenvalue weighted by atomic mass is 16.7. The zero-order valence-corrected chi connectivity index (χ0v) is 14.7. The van der Waals surface area contributed by atoms with Crippen LogP contribution in [0.15, 0.2) is 42.7 Å². The van der Waals surface area contributed by atoms with E-state index in [0.29, 0.717) is 13.2 Å². The zero-order chi connectivity index (χ0) is 17.0. The highest BCUT2D eigenvalue weighted by molar-refractivity contribution is 5.30. The normalized spacial score (nSPS) is 16.3. The van der Waals surface area contributed by atoms with Crippen molar-refractivity contribution in [3.8, 4) is 5.75 Å².